The van der Waals surface area contributed by atoms with E-state index in [1.807, 2.05) is 0 Å². The molecule has 0 aliphatic carbocycles. The fraction of sp³-hybridized carbons (Fsp3) is 0.0870. The zero-order valence-electron chi connectivity index (χ0n) is 17.5. The summed E-state index contributed by atoms with van der Waals surface area (Å²) in [5.41, 5.74) is 4.38. The van der Waals surface area contributed by atoms with Crippen molar-refractivity contribution < 1.29 is 14.3 Å². The Morgan fingerprint density at radius 1 is 0.882 bits per heavy atom. The molecule has 0 unspecified atom stereocenters. The van der Waals surface area contributed by atoms with E-state index in [0.29, 0.717) is 22.0 Å². The van der Waals surface area contributed by atoms with Gasteiger partial charge in [0.2, 0.25) is 0 Å². The van der Waals surface area contributed by atoms with E-state index in [2.05, 4.69) is 15.8 Å². The van der Waals surface area contributed by atoms with Gasteiger partial charge in [0.1, 0.15) is 5.75 Å². The van der Waals surface area contributed by atoms with Crippen molar-refractivity contribution >= 4 is 81.2 Å². The lowest BCUT2D eigenvalue weighted by Gasteiger charge is -2.10. The van der Waals surface area contributed by atoms with Crippen LogP contribution < -0.4 is 15.5 Å². The van der Waals surface area contributed by atoms with Gasteiger partial charge >= 0.3 is 0 Å². The third-order valence-corrected chi connectivity index (χ3v) is 5.96. The van der Waals surface area contributed by atoms with Crippen LogP contribution in [-0.4, -0.2) is 24.1 Å². The molecular weight excluding hydrogens is 544 g/mol. The lowest BCUT2D eigenvalue weighted by atomic mass is 10.1. The van der Waals surface area contributed by atoms with Crippen LogP contribution in [0.5, 0.6) is 5.75 Å². The van der Waals surface area contributed by atoms with Gasteiger partial charge in [-0.25, -0.2) is 5.43 Å². The van der Waals surface area contributed by atoms with Crippen LogP contribution in [0, 0.1) is 0 Å². The first-order valence-corrected chi connectivity index (χ1v) is 11.5. The SMILES string of the molecule is C/C(=N/NC(=O)COc1cc(Cl)c(Cl)cc1Cl)c1cccc(NC(=O)c2ccc(Cl)cc2Cl)c1. The molecule has 0 aliphatic heterocycles. The quantitative estimate of drug-likeness (QED) is 0.184. The number of nitrogens with zero attached hydrogens (tertiary/aromatic N) is 1. The van der Waals surface area contributed by atoms with Gasteiger partial charge in [-0.3, -0.25) is 9.59 Å². The summed E-state index contributed by atoms with van der Waals surface area (Å²) in [4.78, 5) is 24.6. The Morgan fingerprint density at radius 3 is 2.35 bits per heavy atom. The van der Waals surface area contributed by atoms with Gasteiger partial charge in [0.15, 0.2) is 6.61 Å². The van der Waals surface area contributed by atoms with Crippen LogP contribution >= 0.6 is 58.0 Å². The number of benzene rings is 3. The summed E-state index contributed by atoms with van der Waals surface area (Å²) < 4.78 is 5.37. The number of hydrogen-bond donors (Lipinski definition) is 2. The Labute approximate surface area is 220 Å². The average molecular weight is 560 g/mol. The van der Waals surface area contributed by atoms with Crippen molar-refractivity contribution in [1.29, 1.82) is 0 Å². The molecule has 0 atom stereocenters. The molecule has 0 heterocycles. The van der Waals surface area contributed by atoms with Crippen molar-refractivity contribution in [2.75, 3.05) is 11.9 Å². The van der Waals surface area contributed by atoms with Crippen molar-refractivity contribution in [2.24, 2.45) is 5.10 Å². The smallest absolute Gasteiger partial charge is 0.277 e. The van der Waals surface area contributed by atoms with E-state index in [0.717, 1.165) is 0 Å². The van der Waals surface area contributed by atoms with Gasteiger partial charge in [0, 0.05) is 16.8 Å². The average Bonchev–Trinajstić information content (AvgIpc) is 2.79. The van der Waals surface area contributed by atoms with Crippen LogP contribution in [0.2, 0.25) is 25.1 Å². The fourth-order valence-electron chi connectivity index (χ4n) is 2.70. The van der Waals surface area contributed by atoms with Crippen molar-refractivity contribution in [3.63, 3.8) is 0 Å². The molecule has 3 aromatic carbocycles. The maximum absolute atomic E-state index is 12.5. The van der Waals surface area contributed by atoms with Gasteiger partial charge in [-0.15, -0.1) is 0 Å². The van der Waals surface area contributed by atoms with Crippen molar-refractivity contribution in [3.8, 4) is 5.75 Å². The Hall–Kier alpha value is -2.48. The van der Waals surface area contributed by atoms with E-state index in [1.54, 1.807) is 43.3 Å². The molecule has 0 radical (unpaired) electrons. The summed E-state index contributed by atoms with van der Waals surface area (Å²) in [6.45, 7) is 1.36. The molecule has 0 fully saturated rings. The van der Waals surface area contributed by atoms with E-state index in [-0.39, 0.29) is 43.9 Å². The van der Waals surface area contributed by atoms with Crippen molar-refractivity contribution in [1.82, 2.24) is 5.43 Å². The summed E-state index contributed by atoms with van der Waals surface area (Å²) in [5.74, 6) is -0.681. The maximum Gasteiger partial charge on any atom is 0.277 e. The van der Waals surface area contributed by atoms with Crippen LogP contribution in [0.15, 0.2) is 59.7 Å². The van der Waals surface area contributed by atoms with Gasteiger partial charge in [-0.05, 0) is 48.9 Å². The van der Waals surface area contributed by atoms with Crippen molar-refractivity contribution in [3.05, 3.63) is 90.8 Å². The molecule has 0 aromatic heterocycles. The summed E-state index contributed by atoms with van der Waals surface area (Å²) in [6, 6.07) is 14.4. The summed E-state index contributed by atoms with van der Waals surface area (Å²) in [5, 5.41) is 8.27. The largest absolute Gasteiger partial charge is 0.482 e. The molecule has 11 heteroatoms. The monoisotopic (exact) mass is 557 g/mol. The highest BCUT2D eigenvalue weighted by Crippen LogP contribution is 2.33. The Bertz CT molecular complexity index is 1280. The second-order valence-electron chi connectivity index (χ2n) is 6.88. The predicted octanol–water partition coefficient (Wildman–Crippen LogP) is 7.13. The van der Waals surface area contributed by atoms with E-state index < -0.39 is 5.91 Å². The standard InChI is InChI=1S/C23H16Cl5N3O3/c1-12(30-31-22(32)11-34-21-10-19(27)18(26)9-20(21)28)13-3-2-4-15(7-13)29-23(33)16-6-5-14(24)8-17(16)25/h2-10H,11H2,1H3,(H,29,33)(H,31,32)/b30-12-. The van der Waals surface area contributed by atoms with Crippen LogP contribution in [0.3, 0.4) is 0 Å². The molecule has 2 N–H and O–H groups in total. The zero-order valence-corrected chi connectivity index (χ0v) is 21.2. The lowest BCUT2D eigenvalue weighted by molar-refractivity contribution is -0.123. The van der Waals surface area contributed by atoms with E-state index in [1.165, 1.54) is 18.2 Å². The molecule has 0 saturated carbocycles. The number of rotatable bonds is 7. The molecule has 34 heavy (non-hydrogen) atoms. The van der Waals surface area contributed by atoms with Crippen LogP contribution in [0.4, 0.5) is 5.69 Å². The maximum atomic E-state index is 12.5. The topological polar surface area (TPSA) is 79.8 Å². The third kappa shape index (κ3) is 7.01. The first-order valence-electron chi connectivity index (χ1n) is 9.61. The molecule has 176 valence electrons. The number of amides is 2. The molecule has 0 saturated heterocycles. The first kappa shape index (κ1) is 26.1. The number of carbonyl (C=O) groups is 2. The molecule has 2 amide bonds. The van der Waals surface area contributed by atoms with Crippen LogP contribution in [0.25, 0.3) is 0 Å². The number of carbonyl (C=O) groups excluding carboxylic acids is 2. The number of hydrogen-bond acceptors (Lipinski definition) is 4. The highest BCUT2D eigenvalue weighted by atomic mass is 35.5. The molecule has 0 bridgehead atoms. The molecule has 6 nitrogen and oxygen atoms in total. The Morgan fingerprint density at radius 2 is 1.62 bits per heavy atom. The minimum atomic E-state index is -0.511. The number of halogens is 5. The molecule has 3 aromatic rings. The van der Waals surface area contributed by atoms with E-state index in [4.69, 9.17) is 62.7 Å². The molecule has 0 aliphatic rings. The number of hydrazone groups is 1. The Balaban J connectivity index is 1.61. The Kier molecular flexibility index (Phi) is 9.05. The predicted molar refractivity (Wildman–Crippen MR) is 138 cm³/mol. The summed E-state index contributed by atoms with van der Waals surface area (Å²) in [6.07, 6.45) is 0. The number of anilines is 1. The van der Waals surface area contributed by atoms with Gasteiger partial charge in [-0.2, -0.15) is 5.10 Å². The highest BCUT2D eigenvalue weighted by molar-refractivity contribution is 6.43. The molecule has 0 spiro atoms. The minimum Gasteiger partial charge on any atom is -0.482 e. The normalized spacial score (nSPS) is 11.2. The molecule has 3 rings (SSSR count). The van der Waals surface area contributed by atoms with Crippen molar-refractivity contribution in [2.45, 2.75) is 6.92 Å². The van der Waals surface area contributed by atoms with Gasteiger partial charge in [-0.1, -0.05) is 70.1 Å². The van der Waals surface area contributed by atoms with Crippen LogP contribution in [-0.2, 0) is 4.79 Å². The summed E-state index contributed by atoms with van der Waals surface area (Å²) in [7, 11) is 0. The fourth-order valence-corrected chi connectivity index (χ4v) is 3.78. The highest BCUT2D eigenvalue weighted by Gasteiger charge is 2.12. The van der Waals surface area contributed by atoms with E-state index >= 15 is 0 Å². The van der Waals surface area contributed by atoms with Gasteiger partial charge < -0.3 is 10.1 Å². The van der Waals surface area contributed by atoms with Gasteiger partial charge in [0.05, 0.1) is 31.4 Å². The lowest BCUT2D eigenvalue weighted by Crippen LogP contribution is -2.25. The second-order valence-corrected chi connectivity index (χ2v) is 8.94. The zero-order chi connectivity index (χ0) is 24.8. The minimum absolute atomic E-state index is 0.219. The summed E-state index contributed by atoms with van der Waals surface area (Å²) >= 11 is 29.8. The van der Waals surface area contributed by atoms with Crippen LogP contribution in [0.1, 0.15) is 22.8 Å². The third-order valence-electron chi connectivity index (χ3n) is 4.40. The molecular formula is C23H16Cl5N3O3. The number of ether oxygens (including phenoxy) is 1. The number of nitrogens with one attached hydrogen (secondary N) is 2. The van der Waals surface area contributed by atoms with Gasteiger partial charge in [0.25, 0.3) is 11.8 Å². The van der Waals surface area contributed by atoms with E-state index in [9.17, 15) is 9.59 Å². The first-order chi connectivity index (χ1) is 16.1. The second kappa shape index (κ2) is 11.8.